The molecule has 0 saturated carbocycles. The Kier molecular flexibility index (Phi) is 8.18. The van der Waals surface area contributed by atoms with Gasteiger partial charge in [-0.1, -0.05) is 12.1 Å². The highest BCUT2D eigenvalue weighted by Crippen LogP contribution is 2.30. The number of nitrogens with one attached hydrogen (secondary N) is 1. The van der Waals surface area contributed by atoms with Gasteiger partial charge in [0.15, 0.2) is 6.61 Å². The van der Waals surface area contributed by atoms with Gasteiger partial charge in [-0.15, -0.1) is 0 Å². The Balaban J connectivity index is 2.16. The van der Waals surface area contributed by atoms with Crippen molar-refractivity contribution in [1.29, 1.82) is 0 Å². The molecule has 31 heavy (non-hydrogen) atoms. The van der Waals surface area contributed by atoms with Gasteiger partial charge in [0.1, 0.15) is 17.5 Å². The van der Waals surface area contributed by atoms with E-state index in [-0.39, 0.29) is 36.2 Å². The summed E-state index contributed by atoms with van der Waals surface area (Å²) >= 11 is 0. The largest absolute Gasteiger partial charge is 0.497 e. The van der Waals surface area contributed by atoms with E-state index in [9.17, 15) is 19.7 Å². The van der Waals surface area contributed by atoms with Gasteiger partial charge in [-0.25, -0.2) is 0 Å². The van der Waals surface area contributed by atoms with Crippen molar-refractivity contribution in [2.24, 2.45) is 0 Å². The minimum absolute atomic E-state index is 0.0174. The van der Waals surface area contributed by atoms with E-state index in [1.165, 1.54) is 37.3 Å². The van der Waals surface area contributed by atoms with Crippen LogP contribution in [0, 0.1) is 10.1 Å². The van der Waals surface area contributed by atoms with Gasteiger partial charge in [0.25, 0.3) is 5.91 Å². The van der Waals surface area contributed by atoms with Crippen molar-refractivity contribution in [3.05, 3.63) is 58.1 Å². The van der Waals surface area contributed by atoms with Gasteiger partial charge in [-0.2, -0.15) is 0 Å². The van der Waals surface area contributed by atoms with E-state index >= 15 is 0 Å². The van der Waals surface area contributed by atoms with Crippen LogP contribution in [0.4, 0.5) is 5.69 Å². The molecule has 0 radical (unpaired) electrons. The Bertz CT molecular complexity index is 931. The summed E-state index contributed by atoms with van der Waals surface area (Å²) in [6, 6.07) is 10.3. The van der Waals surface area contributed by atoms with Crippen LogP contribution in [0.3, 0.4) is 0 Å². The molecule has 0 spiro atoms. The first-order valence-corrected chi connectivity index (χ1v) is 9.40. The van der Waals surface area contributed by atoms with E-state index in [2.05, 4.69) is 5.32 Å². The predicted molar refractivity (Wildman–Crippen MR) is 112 cm³/mol. The highest BCUT2D eigenvalue weighted by Gasteiger charge is 2.26. The van der Waals surface area contributed by atoms with Crippen molar-refractivity contribution in [1.82, 2.24) is 10.2 Å². The first kappa shape index (κ1) is 23.5. The number of amides is 2. The smallest absolute Gasteiger partial charge is 0.311 e. The summed E-state index contributed by atoms with van der Waals surface area (Å²) < 4.78 is 15.7. The van der Waals surface area contributed by atoms with Gasteiger partial charge in [-0.3, -0.25) is 19.7 Å². The fourth-order valence-corrected chi connectivity index (χ4v) is 2.85. The summed E-state index contributed by atoms with van der Waals surface area (Å²) in [7, 11) is 4.36. The number of nitro benzene ring substituents is 1. The lowest BCUT2D eigenvalue weighted by Gasteiger charge is -2.28. The third-order valence-corrected chi connectivity index (χ3v) is 4.64. The molecule has 0 aromatic heterocycles. The topological polar surface area (TPSA) is 120 Å². The third kappa shape index (κ3) is 6.08. The van der Waals surface area contributed by atoms with Crippen LogP contribution in [0.25, 0.3) is 0 Å². The van der Waals surface area contributed by atoms with Gasteiger partial charge in [-0.05, 0) is 30.7 Å². The lowest BCUT2D eigenvalue weighted by molar-refractivity contribution is -0.385. The number of benzene rings is 2. The lowest BCUT2D eigenvalue weighted by atomic mass is 10.1. The molecule has 0 aliphatic rings. The van der Waals surface area contributed by atoms with Crippen LogP contribution in [0.1, 0.15) is 12.5 Å². The lowest BCUT2D eigenvalue weighted by Crippen LogP contribution is -2.48. The van der Waals surface area contributed by atoms with E-state index < -0.39 is 16.9 Å². The molecule has 0 aliphatic heterocycles. The van der Waals surface area contributed by atoms with Gasteiger partial charge in [0.2, 0.25) is 11.7 Å². The second-order valence-electron chi connectivity index (χ2n) is 6.54. The van der Waals surface area contributed by atoms with Crippen LogP contribution in [0.5, 0.6) is 17.2 Å². The monoisotopic (exact) mass is 431 g/mol. The van der Waals surface area contributed by atoms with Crippen LogP contribution in [-0.4, -0.2) is 55.6 Å². The number of hydrogen-bond donors (Lipinski definition) is 1. The summed E-state index contributed by atoms with van der Waals surface area (Å²) in [6.07, 6.45) is 0. The summed E-state index contributed by atoms with van der Waals surface area (Å²) in [6.45, 7) is 1.44. The minimum Gasteiger partial charge on any atom is -0.497 e. The zero-order valence-electron chi connectivity index (χ0n) is 17.8. The maximum absolute atomic E-state index is 12.9. The second kappa shape index (κ2) is 10.8. The quantitative estimate of drug-likeness (QED) is 0.452. The molecule has 0 saturated heterocycles. The molecule has 0 bridgehead atoms. The SMILES string of the molecule is CNC(=O)[C@H](C)N(Cc1ccc(OC)cc1)C(=O)COc1ccc([N+](=O)[O-])c(OC)c1. The van der Waals surface area contributed by atoms with Crippen LogP contribution in [0.2, 0.25) is 0 Å². The highest BCUT2D eigenvalue weighted by molar-refractivity contribution is 5.87. The molecule has 10 heteroatoms. The molecule has 0 fully saturated rings. The molecule has 2 amide bonds. The zero-order chi connectivity index (χ0) is 23.0. The van der Waals surface area contributed by atoms with Crippen LogP contribution in [0.15, 0.2) is 42.5 Å². The average molecular weight is 431 g/mol. The maximum atomic E-state index is 12.9. The van der Waals surface area contributed by atoms with Gasteiger partial charge in [0.05, 0.1) is 19.1 Å². The Labute approximate surface area is 179 Å². The molecule has 2 aromatic rings. The van der Waals surface area contributed by atoms with Crippen LogP contribution < -0.4 is 19.5 Å². The molecule has 166 valence electrons. The summed E-state index contributed by atoms with van der Waals surface area (Å²) in [4.78, 5) is 36.9. The third-order valence-electron chi connectivity index (χ3n) is 4.64. The second-order valence-corrected chi connectivity index (χ2v) is 6.54. The summed E-state index contributed by atoms with van der Waals surface area (Å²) in [5.74, 6) is 0.177. The van der Waals surface area contributed by atoms with E-state index in [0.717, 1.165) is 5.56 Å². The fourth-order valence-electron chi connectivity index (χ4n) is 2.85. The number of carbonyl (C=O) groups excluding carboxylic acids is 2. The van der Waals surface area contributed by atoms with Crippen molar-refractivity contribution in [2.45, 2.75) is 19.5 Å². The van der Waals surface area contributed by atoms with E-state index in [1.54, 1.807) is 38.3 Å². The predicted octanol–water partition coefficient (Wildman–Crippen LogP) is 2.15. The Morgan fingerprint density at radius 1 is 1.10 bits per heavy atom. The average Bonchev–Trinajstić information content (AvgIpc) is 2.79. The van der Waals surface area contributed by atoms with Crippen molar-refractivity contribution < 1.29 is 28.7 Å². The molecule has 1 atom stereocenters. The number of methoxy groups -OCH3 is 2. The number of likely N-dealkylation sites (N-methyl/N-ethyl adjacent to an activating group) is 1. The van der Waals surface area contributed by atoms with Gasteiger partial charge >= 0.3 is 5.69 Å². The van der Waals surface area contributed by atoms with Crippen molar-refractivity contribution in [3.63, 3.8) is 0 Å². The van der Waals surface area contributed by atoms with E-state index in [1.807, 2.05) is 0 Å². The number of nitro groups is 1. The molecule has 0 aliphatic carbocycles. The van der Waals surface area contributed by atoms with Crippen LogP contribution >= 0.6 is 0 Å². The van der Waals surface area contributed by atoms with Crippen LogP contribution in [-0.2, 0) is 16.1 Å². The molecule has 2 rings (SSSR count). The first-order chi connectivity index (χ1) is 14.8. The summed E-state index contributed by atoms with van der Waals surface area (Å²) in [5, 5.41) is 13.5. The number of nitrogens with zero attached hydrogens (tertiary/aromatic N) is 2. The number of hydrogen-bond acceptors (Lipinski definition) is 7. The number of ether oxygens (including phenoxy) is 3. The minimum atomic E-state index is -0.741. The number of rotatable bonds is 10. The van der Waals surface area contributed by atoms with Crippen molar-refractivity contribution in [2.75, 3.05) is 27.9 Å². The zero-order valence-corrected chi connectivity index (χ0v) is 17.8. The van der Waals surface area contributed by atoms with E-state index in [0.29, 0.717) is 5.75 Å². The standard InChI is InChI=1S/C21H25N3O7/c1-14(21(26)22-2)23(12-15-5-7-16(29-3)8-6-15)20(25)13-31-17-9-10-18(24(27)28)19(11-17)30-4/h5-11,14H,12-13H2,1-4H3,(H,22,26)/t14-/m0/s1. The van der Waals surface area contributed by atoms with Crippen molar-refractivity contribution in [3.8, 4) is 17.2 Å². The normalized spacial score (nSPS) is 11.2. The molecular weight excluding hydrogens is 406 g/mol. The summed E-state index contributed by atoms with van der Waals surface area (Å²) in [5.41, 5.74) is 0.595. The molecular formula is C21H25N3O7. The Hall–Kier alpha value is -3.82. The molecule has 10 nitrogen and oxygen atoms in total. The van der Waals surface area contributed by atoms with E-state index in [4.69, 9.17) is 14.2 Å². The highest BCUT2D eigenvalue weighted by atomic mass is 16.6. The number of carbonyl (C=O) groups is 2. The molecule has 2 aromatic carbocycles. The Morgan fingerprint density at radius 3 is 2.29 bits per heavy atom. The molecule has 1 N–H and O–H groups in total. The first-order valence-electron chi connectivity index (χ1n) is 9.40. The van der Waals surface area contributed by atoms with Gasteiger partial charge in [0, 0.05) is 25.7 Å². The Morgan fingerprint density at radius 2 is 1.74 bits per heavy atom. The van der Waals surface area contributed by atoms with Gasteiger partial charge < -0.3 is 24.4 Å². The fraction of sp³-hybridized carbons (Fsp3) is 0.333. The molecule has 0 unspecified atom stereocenters. The molecule has 0 heterocycles. The van der Waals surface area contributed by atoms with Crippen molar-refractivity contribution >= 4 is 17.5 Å². The maximum Gasteiger partial charge on any atom is 0.311 e.